The molecular formula is C22H29N5O3. The van der Waals surface area contributed by atoms with Gasteiger partial charge in [-0.3, -0.25) is 4.79 Å². The molecule has 160 valence electrons. The highest BCUT2D eigenvalue weighted by atomic mass is 16.4. The number of likely N-dealkylation sites (tertiary alicyclic amines) is 1. The zero-order valence-corrected chi connectivity index (χ0v) is 18.0. The summed E-state index contributed by atoms with van der Waals surface area (Å²) in [4.78, 5) is 30.8. The van der Waals surface area contributed by atoms with Gasteiger partial charge in [-0.15, -0.1) is 0 Å². The van der Waals surface area contributed by atoms with E-state index in [0.717, 1.165) is 19.6 Å². The Morgan fingerprint density at radius 1 is 1.33 bits per heavy atom. The summed E-state index contributed by atoms with van der Waals surface area (Å²) in [6, 6.07) is 8.64. The van der Waals surface area contributed by atoms with Gasteiger partial charge in [0.2, 0.25) is 5.91 Å². The second kappa shape index (κ2) is 8.44. The molecule has 30 heavy (non-hydrogen) atoms. The third-order valence-electron chi connectivity index (χ3n) is 5.27. The number of nitriles is 1. The lowest BCUT2D eigenvalue weighted by atomic mass is 9.87. The molecule has 2 heterocycles. The van der Waals surface area contributed by atoms with E-state index in [9.17, 15) is 14.9 Å². The summed E-state index contributed by atoms with van der Waals surface area (Å²) in [5, 5.41) is 16.3. The van der Waals surface area contributed by atoms with Gasteiger partial charge in [0.15, 0.2) is 0 Å². The number of aromatic nitrogens is 1. The fraction of sp³-hybridized carbons (Fsp3) is 0.545. The minimum Gasteiger partial charge on any atom is -0.408 e. The summed E-state index contributed by atoms with van der Waals surface area (Å²) in [7, 11) is 0. The number of nitrogens with one attached hydrogen (secondary N) is 2. The average molecular weight is 412 g/mol. The Morgan fingerprint density at radius 3 is 2.63 bits per heavy atom. The lowest BCUT2D eigenvalue weighted by molar-refractivity contribution is -0.123. The molecule has 2 N–H and O–H groups in total. The van der Waals surface area contributed by atoms with Gasteiger partial charge in [-0.1, -0.05) is 32.9 Å². The standard InChI is InChI=1S/C22H29N5O3/c1-15(24-18-16-7-5-6-8-17(16)30-20(29)25-18)19(28)26-22(13-23)9-11-27(12-10-22)14-21(2,3)4/h5-8,15H,9-12,14H2,1-4H3,(H,26,28)(H,24,25,29). The summed E-state index contributed by atoms with van der Waals surface area (Å²) in [5.41, 5.74) is -0.300. The second-order valence-corrected chi connectivity index (χ2v) is 9.21. The summed E-state index contributed by atoms with van der Waals surface area (Å²) in [6.07, 6.45) is 1.16. The molecule has 1 atom stereocenters. The first kappa shape index (κ1) is 21.8. The summed E-state index contributed by atoms with van der Waals surface area (Å²) >= 11 is 0. The highest BCUT2D eigenvalue weighted by Crippen LogP contribution is 2.25. The van der Waals surface area contributed by atoms with Gasteiger partial charge in [0.05, 0.1) is 11.5 Å². The van der Waals surface area contributed by atoms with E-state index in [-0.39, 0.29) is 17.1 Å². The van der Waals surface area contributed by atoms with Crippen molar-refractivity contribution in [2.75, 3.05) is 25.0 Å². The second-order valence-electron chi connectivity index (χ2n) is 9.21. The van der Waals surface area contributed by atoms with Crippen LogP contribution in [-0.4, -0.2) is 47.0 Å². The Balaban J connectivity index is 1.67. The Labute approximate surface area is 176 Å². The van der Waals surface area contributed by atoms with Crippen molar-refractivity contribution in [1.82, 2.24) is 15.2 Å². The van der Waals surface area contributed by atoms with Crippen molar-refractivity contribution in [2.45, 2.75) is 52.1 Å². The first-order valence-corrected chi connectivity index (χ1v) is 10.2. The van der Waals surface area contributed by atoms with Gasteiger partial charge in [0.1, 0.15) is 23.0 Å². The SMILES string of the molecule is CC(Nc1nc(=O)oc2ccccc12)C(=O)NC1(C#N)CCN(CC(C)(C)C)CC1. The average Bonchev–Trinajstić information content (AvgIpc) is 2.68. The van der Waals surface area contributed by atoms with Crippen molar-refractivity contribution >= 4 is 22.7 Å². The molecule has 3 rings (SSSR count). The molecule has 0 aliphatic carbocycles. The minimum atomic E-state index is -0.882. The number of piperidine rings is 1. The molecule has 1 unspecified atom stereocenters. The molecular weight excluding hydrogens is 382 g/mol. The van der Waals surface area contributed by atoms with E-state index in [1.54, 1.807) is 31.2 Å². The largest absolute Gasteiger partial charge is 0.441 e. The van der Waals surface area contributed by atoms with E-state index in [2.05, 4.69) is 47.4 Å². The molecule has 2 aromatic rings. The zero-order valence-electron chi connectivity index (χ0n) is 18.0. The van der Waals surface area contributed by atoms with Crippen LogP contribution in [0.1, 0.15) is 40.5 Å². The fourth-order valence-corrected chi connectivity index (χ4v) is 3.77. The van der Waals surface area contributed by atoms with Gasteiger partial charge >= 0.3 is 5.76 Å². The maximum atomic E-state index is 12.8. The molecule has 0 spiro atoms. The number of nitrogens with zero attached hydrogens (tertiary/aromatic N) is 3. The smallest absolute Gasteiger partial charge is 0.408 e. The third-order valence-corrected chi connectivity index (χ3v) is 5.27. The van der Waals surface area contributed by atoms with E-state index in [4.69, 9.17) is 4.42 Å². The molecule has 1 aromatic carbocycles. The Kier molecular flexibility index (Phi) is 6.13. The highest BCUT2D eigenvalue weighted by molar-refractivity contribution is 5.91. The van der Waals surface area contributed by atoms with Gasteiger partial charge in [-0.05, 0) is 37.3 Å². The van der Waals surface area contributed by atoms with Crippen LogP contribution in [0.4, 0.5) is 5.82 Å². The molecule has 1 aliphatic heterocycles. The van der Waals surface area contributed by atoms with Crippen LogP contribution < -0.4 is 16.4 Å². The van der Waals surface area contributed by atoms with Crippen LogP contribution in [0.2, 0.25) is 0 Å². The summed E-state index contributed by atoms with van der Waals surface area (Å²) in [6.45, 7) is 10.7. The van der Waals surface area contributed by atoms with Crippen LogP contribution in [0.3, 0.4) is 0 Å². The maximum Gasteiger partial charge on any atom is 0.441 e. The topological polar surface area (TPSA) is 111 Å². The first-order chi connectivity index (χ1) is 14.1. The van der Waals surface area contributed by atoms with Crippen molar-refractivity contribution in [3.63, 3.8) is 0 Å². The number of anilines is 1. The van der Waals surface area contributed by atoms with Crippen molar-refractivity contribution in [2.24, 2.45) is 5.41 Å². The normalized spacial score (nSPS) is 17.8. The first-order valence-electron chi connectivity index (χ1n) is 10.2. The van der Waals surface area contributed by atoms with E-state index in [1.165, 1.54) is 0 Å². The number of carbonyl (C=O) groups is 1. The molecule has 0 bridgehead atoms. The van der Waals surface area contributed by atoms with Crippen molar-refractivity contribution in [3.05, 3.63) is 34.8 Å². The highest BCUT2D eigenvalue weighted by Gasteiger charge is 2.37. The quantitative estimate of drug-likeness (QED) is 0.777. The van der Waals surface area contributed by atoms with Crippen LogP contribution in [0.25, 0.3) is 11.0 Å². The molecule has 0 radical (unpaired) electrons. The zero-order chi connectivity index (χ0) is 21.9. The molecule has 1 aromatic heterocycles. The Hall–Kier alpha value is -2.92. The number of para-hydroxylation sites is 1. The van der Waals surface area contributed by atoms with E-state index < -0.39 is 17.3 Å². The lowest BCUT2D eigenvalue weighted by Gasteiger charge is -2.40. The van der Waals surface area contributed by atoms with Crippen LogP contribution in [0.15, 0.2) is 33.5 Å². The third kappa shape index (κ3) is 5.16. The molecule has 1 fully saturated rings. The minimum absolute atomic E-state index is 0.187. The number of hydrogen-bond donors (Lipinski definition) is 2. The number of amides is 1. The van der Waals surface area contributed by atoms with Gasteiger partial charge in [-0.25, -0.2) is 4.79 Å². The van der Waals surface area contributed by atoms with Crippen molar-refractivity contribution in [1.29, 1.82) is 5.26 Å². The molecule has 8 heteroatoms. The number of carbonyl (C=O) groups excluding carboxylic acids is 1. The van der Waals surface area contributed by atoms with Crippen LogP contribution in [0, 0.1) is 16.7 Å². The van der Waals surface area contributed by atoms with Gasteiger partial charge in [0, 0.05) is 19.6 Å². The predicted molar refractivity (Wildman–Crippen MR) is 115 cm³/mol. The van der Waals surface area contributed by atoms with Gasteiger partial charge in [-0.2, -0.15) is 10.2 Å². The lowest BCUT2D eigenvalue weighted by Crippen LogP contribution is -2.57. The van der Waals surface area contributed by atoms with Crippen LogP contribution >= 0.6 is 0 Å². The van der Waals surface area contributed by atoms with Gasteiger partial charge in [0.25, 0.3) is 0 Å². The fourth-order valence-electron chi connectivity index (χ4n) is 3.77. The van der Waals surface area contributed by atoms with Crippen molar-refractivity contribution < 1.29 is 9.21 Å². The molecule has 0 saturated carbocycles. The van der Waals surface area contributed by atoms with E-state index in [0.29, 0.717) is 23.8 Å². The number of hydrogen-bond acceptors (Lipinski definition) is 7. The molecule has 1 saturated heterocycles. The summed E-state index contributed by atoms with van der Waals surface area (Å²) < 4.78 is 5.09. The van der Waals surface area contributed by atoms with Gasteiger partial charge < -0.3 is 20.0 Å². The molecule has 8 nitrogen and oxygen atoms in total. The Bertz CT molecular complexity index is 1010. The van der Waals surface area contributed by atoms with E-state index >= 15 is 0 Å². The summed E-state index contributed by atoms with van der Waals surface area (Å²) in [5.74, 6) is -0.751. The Morgan fingerprint density at radius 2 is 2.00 bits per heavy atom. The molecule has 1 aliphatic rings. The predicted octanol–water partition coefficient (Wildman–Crippen LogP) is 2.51. The maximum absolute atomic E-state index is 12.8. The van der Waals surface area contributed by atoms with E-state index in [1.807, 2.05) is 0 Å². The molecule has 1 amide bonds. The van der Waals surface area contributed by atoms with Crippen LogP contribution in [-0.2, 0) is 4.79 Å². The number of rotatable bonds is 5. The number of benzene rings is 1. The number of fused-ring (bicyclic) bond motifs is 1. The van der Waals surface area contributed by atoms with Crippen LogP contribution in [0.5, 0.6) is 0 Å². The monoisotopic (exact) mass is 411 g/mol. The van der Waals surface area contributed by atoms with Crippen molar-refractivity contribution in [3.8, 4) is 6.07 Å².